The summed E-state index contributed by atoms with van der Waals surface area (Å²) in [6.45, 7) is 0.638. The van der Waals surface area contributed by atoms with Gasteiger partial charge in [0.2, 0.25) is 0 Å². The molecule has 0 aliphatic carbocycles. The summed E-state index contributed by atoms with van der Waals surface area (Å²) >= 11 is 12.0. The summed E-state index contributed by atoms with van der Waals surface area (Å²) in [6, 6.07) is 0. The fraction of sp³-hybridized carbons (Fsp3) is 0.667. The average Bonchev–Trinajstić information content (AvgIpc) is 2.56. The molecule has 0 bridgehead atoms. The van der Waals surface area contributed by atoms with Gasteiger partial charge in [-0.2, -0.15) is 0 Å². The van der Waals surface area contributed by atoms with E-state index in [1.165, 1.54) is 11.8 Å². The maximum Gasteiger partial charge on any atom is 0.306 e. The minimum atomic E-state index is -1.47. The first-order valence-electron chi connectivity index (χ1n) is 3.75. The standard InChI is InChI=1S/C6H8Cl2N2O3S/c7-5(8)4(11)3(10(12)13)6-9-1-2-14-6/h4-5,9,11H,1-2H2/b6-3+. The molecule has 5 nitrogen and oxygen atoms in total. The fourth-order valence-corrected chi connectivity index (χ4v) is 2.17. The van der Waals surface area contributed by atoms with Crippen molar-refractivity contribution in [3.63, 3.8) is 0 Å². The second kappa shape index (κ2) is 5.06. The SMILES string of the molecule is O=[N+]([O-])/C(=C1\NCCS1)C(O)C(Cl)Cl. The Balaban J connectivity index is 2.94. The number of hydrogen-bond acceptors (Lipinski definition) is 5. The van der Waals surface area contributed by atoms with Crippen LogP contribution in [0.5, 0.6) is 0 Å². The number of aliphatic hydroxyl groups excluding tert-OH is 1. The highest BCUT2D eigenvalue weighted by Crippen LogP contribution is 2.27. The third kappa shape index (κ3) is 2.66. The summed E-state index contributed by atoms with van der Waals surface area (Å²) < 4.78 is 0. The zero-order valence-electron chi connectivity index (χ0n) is 6.94. The van der Waals surface area contributed by atoms with Gasteiger partial charge >= 0.3 is 5.70 Å². The number of nitro groups is 1. The summed E-state index contributed by atoms with van der Waals surface area (Å²) in [5.74, 6) is 0.731. The molecular formula is C6H8Cl2N2O3S. The molecule has 1 unspecified atom stereocenters. The number of nitrogens with zero attached hydrogens (tertiary/aromatic N) is 1. The Morgan fingerprint density at radius 2 is 2.36 bits per heavy atom. The second-order valence-electron chi connectivity index (χ2n) is 2.53. The van der Waals surface area contributed by atoms with Gasteiger partial charge in [0.1, 0.15) is 9.87 Å². The molecule has 80 valence electrons. The van der Waals surface area contributed by atoms with E-state index in [-0.39, 0.29) is 5.70 Å². The maximum atomic E-state index is 10.6. The van der Waals surface area contributed by atoms with E-state index < -0.39 is 15.9 Å². The largest absolute Gasteiger partial charge is 0.379 e. The molecule has 0 aromatic rings. The van der Waals surface area contributed by atoms with E-state index in [2.05, 4.69) is 5.32 Å². The van der Waals surface area contributed by atoms with Gasteiger partial charge in [-0.15, -0.1) is 35.0 Å². The Bertz CT molecular complexity index is 264. The Kier molecular flexibility index (Phi) is 4.31. The maximum absolute atomic E-state index is 10.6. The van der Waals surface area contributed by atoms with Crippen molar-refractivity contribution < 1.29 is 10.0 Å². The highest BCUT2D eigenvalue weighted by atomic mass is 35.5. The van der Waals surface area contributed by atoms with Crippen molar-refractivity contribution in [3.8, 4) is 0 Å². The number of hydrogen-bond donors (Lipinski definition) is 2. The predicted molar refractivity (Wildman–Crippen MR) is 56.0 cm³/mol. The van der Waals surface area contributed by atoms with Gasteiger partial charge < -0.3 is 10.4 Å². The van der Waals surface area contributed by atoms with Crippen LogP contribution in [0.4, 0.5) is 0 Å². The van der Waals surface area contributed by atoms with Crippen LogP contribution < -0.4 is 5.32 Å². The van der Waals surface area contributed by atoms with Crippen molar-refractivity contribution in [1.82, 2.24) is 5.32 Å². The average molecular weight is 259 g/mol. The van der Waals surface area contributed by atoms with Crippen molar-refractivity contribution >= 4 is 35.0 Å². The van der Waals surface area contributed by atoms with E-state index in [9.17, 15) is 15.2 Å². The van der Waals surface area contributed by atoms with Crippen LogP contribution in [-0.2, 0) is 0 Å². The molecule has 0 spiro atoms. The summed E-state index contributed by atoms with van der Waals surface area (Å²) in [4.78, 5) is 8.78. The van der Waals surface area contributed by atoms with Gasteiger partial charge in [0.15, 0.2) is 6.10 Å². The molecule has 1 rings (SSSR count). The van der Waals surface area contributed by atoms with E-state index in [0.29, 0.717) is 11.6 Å². The topological polar surface area (TPSA) is 75.4 Å². The molecule has 1 aliphatic heterocycles. The molecule has 1 heterocycles. The fourth-order valence-electron chi connectivity index (χ4n) is 0.978. The van der Waals surface area contributed by atoms with E-state index in [1.54, 1.807) is 0 Å². The normalized spacial score (nSPS) is 22.0. The lowest BCUT2D eigenvalue weighted by atomic mass is 10.3. The molecular weight excluding hydrogens is 251 g/mol. The zero-order valence-corrected chi connectivity index (χ0v) is 9.27. The van der Waals surface area contributed by atoms with Crippen LogP contribution in [0.15, 0.2) is 10.7 Å². The molecule has 0 aromatic heterocycles. The number of alkyl halides is 2. The molecule has 0 amide bonds. The van der Waals surface area contributed by atoms with Crippen LogP contribution in [0.25, 0.3) is 0 Å². The van der Waals surface area contributed by atoms with Crippen LogP contribution in [0, 0.1) is 10.1 Å². The highest BCUT2D eigenvalue weighted by molar-refractivity contribution is 8.03. The van der Waals surface area contributed by atoms with Gasteiger partial charge in [0.25, 0.3) is 0 Å². The van der Waals surface area contributed by atoms with Gasteiger partial charge in [0.05, 0.1) is 4.92 Å². The van der Waals surface area contributed by atoms with E-state index in [1.807, 2.05) is 0 Å². The molecule has 1 aliphatic rings. The van der Waals surface area contributed by atoms with E-state index in [0.717, 1.165) is 5.75 Å². The number of thioether (sulfide) groups is 1. The number of halogens is 2. The molecule has 1 atom stereocenters. The van der Waals surface area contributed by atoms with E-state index in [4.69, 9.17) is 23.2 Å². The summed E-state index contributed by atoms with van der Waals surface area (Å²) in [7, 11) is 0. The molecule has 0 aromatic carbocycles. The number of rotatable bonds is 3. The van der Waals surface area contributed by atoms with Gasteiger partial charge in [0, 0.05) is 12.3 Å². The summed E-state index contributed by atoms with van der Waals surface area (Å²) in [6.07, 6.45) is -1.47. The predicted octanol–water partition coefficient (Wildman–Crippen LogP) is 0.933. The first-order valence-corrected chi connectivity index (χ1v) is 5.61. The van der Waals surface area contributed by atoms with Crippen LogP contribution >= 0.6 is 35.0 Å². The Morgan fingerprint density at radius 3 is 2.71 bits per heavy atom. The molecule has 2 N–H and O–H groups in total. The highest BCUT2D eigenvalue weighted by Gasteiger charge is 2.33. The Labute approximate surface area is 94.6 Å². The van der Waals surface area contributed by atoms with Crippen molar-refractivity contribution in [2.45, 2.75) is 10.9 Å². The quantitative estimate of drug-likeness (QED) is 0.448. The van der Waals surface area contributed by atoms with Gasteiger partial charge in [-0.3, -0.25) is 10.1 Å². The minimum absolute atomic E-state index is 0.341. The first-order chi connectivity index (χ1) is 6.54. The zero-order chi connectivity index (χ0) is 10.7. The van der Waals surface area contributed by atoms with Gasteiger partial charge in [-0.1, -0.05) is 0 Å². The lowest BCUT2D eigenvalue weighted by Crippen LogP contribution is -2.27. The molecule has 0 saturated carbocycles. The Hall–Kier alpha value is -0.170. The van der Waals surface area contributed by atoms with Crippen molar-refractivity contribution in [1.29, 1.82) is 0 Å². The monoisotopic (exact) mass is 258 g/mol. The van der Waals surface area contributed by atoms with Crippen LogP contribution in [-0.4, -0.2) is 33.3 Å². The number of nitrogens with one attached hydrogen (secondary N) is 1. The van der Waals surface area contributed by atoms with Crippen LogP contribution in [0.2, 0.25) is 0 Å². The smallest absolute Gasteiger partial charge is 0.306 e. The van der Waals surface area contributed by atoms with Crippen molar-refractivity contribution in [2.24, 2.45) is 0 Å². The minimum Gasteiger partial charge on any atom is -0.379 e. The lowest BCUT2D eigenvalue weighted by molar-refractivity contribution is -0.436. The molecule has 8 heteroatoms. The molecule has 1 fully saturated rings. The third-order valence-electron chi connectivity index (χ3n) is 1.58. The van der Waals surface area contributed by atoms with E-state index >= 15 is 0 Å². The number of aliphatic hydroxyl groups is 1. The summed E-state index contributed by atoms with van der Waals surface area (Å²) in [5.41, 5.74) is -0.359. The van der Waals surface area contributed by atoms with Crippen LogP contribution in [0.3, 0.4) is 0 Å². The Morgan fingerprint density at radius 1 is 1.71 bits per heavy atom. The van der Waals surface area contributed by atoms with Gasteiger partial charge in [-0.05, 0) is 0 Å². The lowest BCUT2D eigenvalue weighted by Gasteiger charge is -2.10. The third-order valence-corrected chi connectivity index (χ3v) is 3.11. The molecule has 1 saturated heterocycles. The van der Waals surface area contributed by atoms with Gasteiger partial charge in [-0.25, -0.2) is 0 Å². The van der Waals surface area contributed by atoms with Crippen molar-refractivity contribution in [3.05, 3.63) is 20.8 Å². The first kappa shape index (κ1) is 11.9. The second-order valence-corrected chi connectivity index (χ2v) is 4.79. The van der Waals surface area contributed by atoms with Crippen molar-refractivity contribution in [2.75, 3.05) is 12.3 Å². The molecule has 0 radical (unpaired) electrons. The van der Waals surface area contributed by atoms with Crippen LogP contribution in [0.1, 0.15) is 0 Å². The molecule has 14 heavy (non-hydrogen) atoms. The summed E-state index contributed by atoms with van der Waals surface area (Å²) in [5, 5.41) is 23.2.